The first kappa shape index (κ1) is 26.7. The van der Waals surface area contributed by atoms with Gasteiger partial charge in [-0.2, -0.15) is 0 Å². The lowest BCUT2D eigenvalue weighted by molar-refractivity contribution is 0.102. The zero-order chi connectivity index (χ0) is 28.1. The fourth-order valence-corrected chi connectivity index (χ4v) is 5.54. The molecule has 0 radical (unpaired) electrons. The second-order valence-electron chi connectivity index (χ2n) is 8.59. The number of carbonyl (C=O) groups is 2. The van der Waals surface area contributed by atoms with Crippen LogP contribution in [0.5, 0.6) is 5.75 Å². The Morgan fingerprint density at radius 1 is 0.950 bits per heavy atom. The van der Waals surface area contributed by atoms with Crippen molar-refractivity contribution in [1.82, 2.24) is 15.3 Å². The van der Waals surface area contributed by atoms with Crippen LogP contribution in [0.4, 0.5) is 27.1 Å². The number of methoxy groups -OCH3 is 1. The molecule has 2 aromatic heterocycles. The predicted molar refractivity (Wildman–Crippen MR) is 161 cm³/mol. The van der Waals surface area contributed by atoms with Gasteiger partial charge in [-0.15, -0.1) is 11.3 Å². The topological polar surface area (TPSA) is 157 Å². The van der Waals surface area contributed by atoms with Gasteiger partial charge in [-0.3, -0.25) is 10.1 Å². The first-order valence-corrected chi connectivity index (χ1v) is 13.7. The van der Waals surface area contributed by atoms with E-state index in [0.717, 1.165) is 16.8 Å². The minimum Gasteiger partial charge on any atom is -0.497 e. The number of carbonyl (C=O) groups excluding carboxylic acids is 2. The molecule has 0 fully saturated rings. The third kappa shape index (κ3) is 6.37. The van der Waals surface area contributed by atoms with Crippen molar-refractivity contribution in [3.05, 3.63) is 89.3 Å². The van der Waals surface area contributed by atoms with Crippen LogP contribution in [0.25, 0.3) is 21.1 Å². The van der Waals surface area contributed by atoms with E-state index in [4.69, 9.17) is 21.2 Å². The van der Waals surface area contributed by atoms with Gasteiger partial charge in [-0.1, -0.05) is 41.7 Å². The van der Waals surface area contributed by atoms with Crippen LogP contribution in [0.3, 0.4) is 0 Å². The first-order valence-electron chi connectivity index (χ1n) is 12.1. The van der Waals surface area contributed by atoms with E-state index >= 15 is 0 Å². The number of aromatic nitrogens is 2. The zero-order valence-corrected chi connectivity index (χ0v) is 22.9. The summed E-state index contributed by atoms with van der Waals surface area (Å²) in [4.78, 5) is 34.8. The molecule has 3 amide bonds. The quantitative estimate of drug-likeness (QED) is 0.150. The Morgan fingerprint density at radius 2 is 1.75 bits per heavy atom. The summed E-state index contributed by atoms with van der Waals surface area (Å²) in [7, 11) is 1.56. The van der Waals surface area contributed by atoms with Crippen molar-refractivity contribution < 1.29 is 14.3 Å². The highest BCUT2D eigenvalue weighted by Crippen LogP contribution is 2.38. The zero-order valence-electron chi connectivity index (χ0n) is 21.3. The van der Waals surface area contributed by atoms with Gasteiger partial charge in [0.25, 0.3) is 5.91 Å². The molecule has 5 aromatic rings. The van der Waals surface area contributed by atoms with Crippen LogP contribution in [0, 0.1) is 0 Å². The van der Waals surface area contributed by atoms with Gasteiger partial charge in [-0.05, 0) is 48.0 Å². The molecule has 0 unspecified atom stereocenters. The molecule has 0 saturated carbocycles. The van der Waals surface area contributed by atoms with Crippen LogP contribution in [0.15, 0.2) is 78.2 Å². The van der Waals surface area contributed by atoms with Crippen molar-refractivity contribution in [3.63, 3.8) is 0 Å². The number of hydrogen-bond acceptors (Lipinski definition) is 9. The SMILES string of the molecule is COc1cccc(C(=O)Nc2cccc(-c3csc(-c4sc(NC(=O)NCc5ccc(N)cc5)nc4N)n3)c2)c1. The molecule has 0 aliphatic heterocycles. The lowest BCUT2D eigenvalue weighted by Gasteiger charge is -2.08. The van der Waals surface area contributed by atoms with E-state index in [0.29, 0.717) is 44.2 Å². The highest BCUT2D eigenvalue weighted by Gasteiger charge is 2.17. The molecule has 0 bridgehead atoms. The minimum atomic E-state index is -0.398. The van der Waals surface area contributed by atoms with Crippen LogP contribution < -0.4 is 32.2 Å². The Morgan fingerprint density at radius 3 is 2.55 bits per heavy atom. The summed E-state index contributed by atoms with van der Waals surface area (Å²) in [6.45, 7) is 0.342. The molecule has 40 heavy (non-hydrogen) atoms. The number of nitrogen functional groups attached to an aromatic ring is 2. The van der Waals surface area contributed by atoms with E-state index in [1.807, 2.05) is 41.8 Å². The Labute approximate surface area is 238 Å². The normalized spacial score (nSPS) is 10.6. The van der Waals surface area contributed by atoms with E-state index in [-0.39, 0.29) is 11.7 Å². The van der Waals surface area contributed by atoms with Crippen molar-refractivity contribution in [1.29, 1.82) is 0 Å². The van der Waals surface area contributed by atoms with Crippen LogP contribution in [0.1, 0.15) is 15.9 Å². The molecule has 0 aliphatic carbocycles. The molecular weight excluding hydrogens is 546 g/mol. The number of anilines is 4. The fraction of sp³-hybridized carbons (Fsp3) is 0.0714. The van der Waals surface area contributed by atoms with Crippen LogP contribution in [0.2, 0.25) is 0 Å². The number of benzene rings is 3. The number of hydrogen-bond donors (Lipinski definition) is 5. The number of thiazole rings is 2. The maximum Gasteiger partial charge on any atom is 0.321 e. The van der Waals surface area contributed by atoms with Gasteiger partial charge in [0.15, 0.2) is 5.13 Å². The lowest BCUT2D eigenvalue weighted by atomic mass is 10.1. The van der Waals surface area contributed by atoms with Crippen molar-refractivity contribution in [2.45, 2.75) is 6.54 Å². The monoisotopic (exact) mass is 571 g/mol. The van der Waals surface area contributed by atoms with Gasteiger partial charge in [0.2, 0.25) is 0 Å². The number of urea groups is 1. The van der Waals surface area contributed by atoms with Gasteiger partial charge >= 0.3 is 6.03 Å². The second kappa shape index (κ2) is 11.8. The smallest absolute Gasteiger partial charge is 0.321 e. The summed E-state index contributed by atoms with van der Waals surface area (Å²) in [5.74, 6) is 0.639. The summed E-state index contributed by atoms with van der Waals surface area (Å²) in [5, 5.41) is 11.4. The Kier molecular flexibility index (Phi) is 7.89. The Bertz CT molecular complexity index is 1660. The van der Waals surface area contributed by atoms with E-state index in [2.05, 4.69) is 20.9 Å². The highest BCUT2D eigenvalue weighted by molar-refractivity contribution is 7.23. The number of rotatable bonds is 8. The standard InChI is InChI=1S/C28H25N7O3S2/c1-38-21-7-3-5-18(13-21)25(36)32-20-6-2-4-17(12-20)22-15-39-26(33-22)23-24(30)34-28(40-23)35-27(37)31-14-16-8-10-19(29)11-9-16/h2-13,15H,14,29-30H2,1H3,(H,32,36)(H2,31,34,35,37). The molecule has 202 valence electrons. The molecule has 12 heteroatoms. The second-order valence-corrected chi connectivity index (χ2v) is 10.4. The molecule has 2 heterocycles. The van der Waals surface area contributed by atoms with E-state index < -0.39 is 6.03 Å². The molecule has 3 aromatic carbocycles. The van der Waals surface area contributed by atoms with Gasteiger partial charge < -0.3 is 26.8 Å². The molecular formula is C28H25N7O3S2. The summed E-state index contributed by atoms with van der Waals surface area (Å²) >= 11 is 2.65. The Hall–Kier alpha value is -4.94. The maximum atomic E-state index is 12.7. The van der Waals surface area contributed by atoms with Crippen molar-refractivity contribution in [2.75, 3.05) is 29.2 Å². The van der Waals surface area contributed by atoms with E-state index in [1.165, 1.54) is 22.7 Å². The summed E-state index contributed by atoms with van der Waals surface area (Å²) in [6.07, 6.45) is 0. The van der Waals surface area contributed by atoms with E-state index in [9.17, 15) is 9.59 Å². The number of nitrogens with one attached hydrogen (secondary N) is 3. The molecule has 10 nitrogen and oxygen atoms in total. The van der Waals surface area contributed by atoms with Crippen LogP contribution in [-0.4, -0.2) is 29.0 Å². The predicted octanol–water partition coefficient (Wildman–Crippen LogP) is 5.68. The van der Waals surface area contributed by atoms with Gasteiger partial charge in [0, 0.05) is 34.4 Å². The van der Waals surface area contributed by atoms with Gasteiger partial charge in [-0.25, -0.2) is 14.8 Å². The Balaban J connectivity index is 1.24. The lowest BCUT2D eigenvalue weighted by Crippen LogP contribution is -2.28. The first-order chi connectivity index (χ1) is 19.4. The van der Waals surface area contributed by atoms with Gasteiger partial charge in [0.05, 0.1) is 12.8 Å². The summed E-state index contributed by atoms with van der Waals surface area (Å²) in [5.41, 5.74) is 16.1. The average molecular weight is 572 g/mol. The third-order valence-electron chi connectivity index (χ3n) is 5.75. The largest absolute Gasteiger partial charge is 0.497 e. The molecule has 0 atom stereocenters. The number of nitrogens with zero attached hydrogens (tertiary/aromatic N) is 2. The van der Waals surface area contributed by atoms with Crippen LogP contribution in [-0.2, 0) is 6.54 Å². The van der Waals surface area contributed by atoms with Crippen molar-refractivity contribution in [2.24, 2.45) is 0 Å². The van der Waals surface area contributed by atoms with Crippen molar-refractivity contribution >= 4 is 56.9 Å². The van der Waals surface area contributed by atoms with Crippen LogP contribution >= 0.6 is 22.7 Å². The molecule has 0 saturated heterocycles. The molecule has 7 N–H and O–H groups in total. The van der Waals surface area contributed by atoms with Gasteiger partial charge in [0.1, 0.15) is 21.5 Å². The average Bonchev–Trinajstić information content (AvgIpc) is 3.59. The molecule has 0 spiro atoms. The van der Waals surface area contributed by atoms with Crippen molar-refractivity contribution in [3.8, 4) is 26.9 Å². The molecule has 0 aliphatic rings. The maximum absolute atomic E-state index is 12.7. The summed E-state index contributed by atoms with van der Waals surface area (Å²) in [6, 6.07) is 21.2. The number of nitrogens with two attached hydrogens (primary N) is 2. The highest BCUT2D eigenvalue weighted by atomic mass is 32.1. The third-order valence-corrected chi connectivity index (χ3v) is 7.74. The number of ether oxygens (including phenoxy) is 1. The summed E-state index contributed by atoms with van der Waals surface area (Å²) < 4.78 is 5.20. The van der Waals surface area contributed by atoms with E-state index in [1.54, 1.807) is 43.5 Å². The minimum absolute atomic E-state index is 0.245. The number of amides is 3. The fourth-order valence-electron chi connectivity index (χ4n) is 3.73. The molecule has 5 rings (SSSR count).